The second-order valence-corrected chi connectivity index (χ2v) is 7.71. The molecular formula is C13H20N2O5S. The second kappa shape index (κ2) is 6.05. The minimum Gasteiger partial charge on any atom is -0.481 e. The van der Waals surface area contributed by atoms with E-state index in [0.717, 1.165) is 24.7 Å². The number of amides is 2. The maximum atomic E-state index is 12.0. The van der Waals surface area contributed by atoms with Crippen LogP contribution in [0.5, 0.6) is 0 Å². The summed E-state index contributed by atoms with van der Waals surface area (Å²) in [5, 5.41) is 15.5. The van der Waals surface area contributed by atoms with Gasteiger partial charge in [0.05, 0.1) is 23.8 Å². The molecule has 1 atom stereocenters. The summed E-state index contributed by atoms with van der Waals surface area (Å²) >= 11 is 0. The van der Waals surface area contributed by atoms with E-state index in [1.54, 1.807) is 0 Å². The molecule has 0 radical (unpaired) electrons. The molecule has 2 aliphatic rings. The Labute approximate surface area is 123 Å². The number of carboxylic acid groups (broad SMARTS) is 1. The van der Waals surface area contributed by atoms with Gasteiger partial charge >= 0.3 is 12.0 Å². The number of hydrogen-bond donors (Lipinski definition) is 3. The van der Waals surface area contributed by atoms with Crippen LogP contribution in [0.15, 0.2) is 11.5 Å². The molecule has 0 aromatic heterocycles. The maximum absolute atomic E-state index is 12.0. The molecule has 0 aromatic rings. The Morgan fingerprint density at radius 1 is 1.24 bits per heavy atom. The highest BCUT2D eigenvalue weighted by Gasteiger charge is 2.36. The first-order valence-corrected chi connectivity index (χ1v) is 8.73. The molecule has 0 spiro atoms. The molecule has 2 amide bonds. The quantitative estimate of drug-likeness (QED) is 0.709. The van der Waals surface area contributed by atoms with Gasteiger partial charge in [-0.1, -0.05) is 19.3 Å². The Morgan fingerprint density at radius 3 is 2.43 bits per heavy atom. The number of hydrogen-bond acceptors (Lipinski definition) is 4. The Morgan fingerprint density at radius 2 is 1.90 bits per heavy atom. The lowest BCUT2D eigenvalue weighted by atomic mass is 9.79. The van der Waals surface area contributed by atoms with E-state index in [1.807, 2.05) is 0 Å². The third kappa shape index (κ3) is 4.45. The van der Waals surface area contributed by atoms with Gasteiger partial charge in [0, 0.05) is 5.41 Å². The lowest BCUT2D eigenvalue weighted by molar-refractivity contribution is -0.139. The molecule has 1 fully saturated rings. The van der Waals surface area contributed by atoms with Crippen molar-refractivity contribution in [1.29, 1.82) is 0 Å². The summed E-state index contributed by atoms with van der Waals surface area (Å²) in [7, 11) is -3.23. The van der Waals surface area contributed by atoms with Gasteiger partial charge in [-0.3, -0.25) is 4.79 Å². The molecule has 1 aliphatic heterocycles. The predicted molar refractivity (Wildman–Crippen MR) is 76.5 cm³/mol. The van der Waals surface area contributed by atoms with E-state index in [-0.39, 0.29) is 12.2 Å². The summed E-state index contributed by atoms with van der Waals surface area (Å²) in [6.07, 6.45) is 5.38. The van der Waals surface area contributed by atoms with Crippen LogP contribution in [0.3, 0.4) is 0 Å². The number of carbonyl (C=O) groups is 2. The number of nitrogens with one attached hydrogen (secondary N) is 2. The summed E-state index contributed by atoms with van der Waals surface area (Å²) in [5.74, 6) is -1.09. The van der Waals surface area contributed by atoms with Gasteiger partial charge in [-0.25, -0.2) is 13.2 Å². The van der Waals surface area contributed by atoms with Gasteiger partial charge in [-0.2, -0.15) is 0 Å². The van der Waals surface area contributed by atoms with E-state index in [9.17, 15) is 18.0 Å². The van der Waals surface area contributed by atoms with Gasteiger partial charge in [0.25, 0.3) is 0 Å². The zero-order valence-corrected chi connectivity index (χ0v) is 12.5. The fourth-order valence-corrected chi connectivity index (χ4v) is 4.21. The average Bonchev–Trinajstić information content (AvgIpc) is 2.68. The summed E-state index contributed by atoms with van der Waals surface area (Å²) in [5.41, 5.74) is -0.727. The highest BCUT2D eigenvalue weighted by molar-refractivity contribution is 7.94. The molecule has 8 heteroatoms. The fourth-order valence-electron chi connectivity index (χ4n) is 2.98. The van der Waals surface area contributed by atoms with Crippen LogP contribution in [-0.4, -0.2) is 42.9 Å². The third-order valence-corrected chi connectivity index (χ3v) is 5.32. The summed E-state index contributed by atoms with van der Waals surface area (Å²) in [4.78, 5) is 23.0. The molecule has 3 N–H and O–H groups in total. The van der Waals surface area contributed by atoms with E-state index in [4.69, 9.17) is 5.11 Å². The van der Waals surface area contributed by atoms with Crippen molar-refractivity contribution in [2.24, 2.45) is 0 Å². The van der Waals surface area contributed by atoms with Crippen LogP contribution >= 0.6 is 0 Å². The van der Waals surface area contributed by atoms with Crippen LogP contribution in [0.2, 0.25) is 0 Å². The van der Waals surface area contributed by atoms with Gasteiger partial charge in [-0.15, -0.1) is 0 Å². The number of carbonyl (C=O) groups excluding carboxylic acids is 1. The summed E-state index contributed by atoms with van der Waals surface area (Å²) < 4.78 is 22.6. The van der Waals surface area contributed by atoms with Crippen LogP contribution in [0.25, 0.3) is 0 Å². The van der Waals surface area contributed by atoms with Gasteiger partial charge in [0.2, 0.25) is 0 Å². The molecule has 21 heavy (non-hydrogen) atoms. The first-order chi connectivity index (χ1) is 9.80. The predicted octanol–water partition coefficient (Wildman–Crippen LogP) is 0.774. The van der Waals surface area contributed by atoms with Crippen molar-refractivity contribution in [3.63, 3.8) is 0 Å². The van der Waals surface area contributed by atoms with Gasteiger partial charge < -0.3 is 15.7 Å². The van der Waals surface area contributed by atoms with Crippen molar-refractivity contribution in [3.8, 4) is 0 Å². The summed E-state index contributed by atoms with van der Waals surface area (Å²) in [6, 6.07) is -1.06. The minimum absolute atomic E-state index is 0.112. The topological polar surface area (TPSA) is 113 Å². The average molecular weight is 316 g/mol. The zero-order chi connectivity index (χ0) is 15.5. The second-order valence-electron chi connectivity index (χ2n) is 5.77. The number of aliphatic carboxylic acids is 1. The number of rotatable bonds is 4. The standard InChI is InChI=1S/C13H20N2O5S/c16-11(17)8-13(5-2-1-3-6-13)15-12(18)14-10-4-7-21(19,20)9-10/h4,7,10H,1-3,5-6,8-9H2,(H,16,17)(H2,14,15,18). The van der Waals surface area contributed by atoms with Gasteiger partial charge in [-0.05, 0) is 18.9 Å². The van der Waals surface area contributed by atoms with Crippen molar-refractivity contribution >= 4 is 21.8 Å². The van der Waals surface area contributed by atoms with Crippen LogP contribution in [0.1, 0.15) is 38.5 Å². The van der Waals surface area contributed by atoms with Crippen molar-refractivity contribution in [1.82, 2.24) is 10.6 Å². The molecule has 1 heterocycles. The lowest BCUT2D eigenvalue weighted by Crippen LogP contribution is -2.55. The molecule has 1 aliphatic carbocycles. The van der Waals surface area contributed by atoms with Crippen molar-refractivity contribution < 1.29 is 23.1 Å². The third-order valence-electron chi connectivity index (χ3n) is 3.93. The Kier molecular flexibility index (Phi) is 4.55. The van der Waals surface area contributed by atoms with E-state index >= 15 is 0 Å². The van der Waals surface area contributed by atoms with E-state index in [0.29, 0.717) is 12.8 Å². The van der Waals surface area contributed by atoms with Crippen LogP contribution in [0.4, 0.5) is 4.79 Å². The molecule has 7 nitrogen and oxygen atoms in total. The molecule has 118 valence electrons. The lowest BCUT2D eigenvalue weighted by Gasteiger charge is -2.37. The highest BCUT2D eigenvalue weighted by atomic mass is 32.2. The molecule has 0 aromatic carbocycles. The van der Waals surface area contributed by atoms with Gasteiger partial charge in [0.15, 0.2) is 9.84 Å². The Balaban J connectivity index is 1.95. The first kappa shape index (κ1) is 15.8. The number of carboxylic acids is 1. The number of sulfone groups is 1. The molecule has 0 bridgehead atoms. The van der Waals surface area contributed by atoms with E-state index < -0.39 is 33.4 Å². The molecule has 0 saturated heterocycles. The molecular weight excluding hydrogens is 296 g/mol. The van der Waals surface area contributed by atoms with Crippen LogP contribution < -0.4 is 10.6 Å². The monoisotopic (exact) mass is 316 g/mol. The van der Waals surface area contributed by atoms with Crippen LogP contribution in [-0.2, 0) is 14.6 Å². The molecule has 1 saturated carbocycles. The van der Waals surface area contributed by atoms with E-state index in [1.165, 1.54) is 6.08 Å². The highest BCUT2D eigenvalue weighted by Crippen LogP contribution is 2.31. The molecule has 2 rings (SSSR count). The first-order valence-electron chi connectivity index (χ1n) is 7.02. The van der Waals surface area contributed by atoms with Gasteiger partial charge in [0.1, 0.15) is 0 Å². The smallest absolute Gasteiger partial charge is 0.315 e. The minimum atomic E-state index is -3.23. The largest absolute Gasteiger partial charge is 0.481 e. The molecule has 1 unspecified atom stereocenters. The summed E-state index contributed by atoms with van der Waals surface area (Å²) in [6.45, 7) is 0. The number of urea groups is 1. The van der Waals surface area contributed by atoms with Crippen molar-refractivity contribution in [2.45, 2.75) is 50.1 Å². The van der Waals surface area contributed by atoms with Crippen molar-refractivity contribution in [2.75, 3.05) is 5.75 Å². The Bertz CT molecular complexity index is 549. The fraction of sp³-hybridized carbons (Fsp3) is 0.692. The Hall–Kier alpha value is -1.57. The van der Waals surface area contributed by atoms with Crippen LogP contribution in [0, 0.1) is 0 Å². The SMILES string of the molecule is O=C(O)CC1(NC(=O)NC2C=CS(=O)(=O)C2)CCCCC1. The van der Waals surface area contributed by atoms with E-state index in [2.05, 4.69) is 10.6 Å². The van der Waals surface area contributed by atoms with Crippen molar-refractivity contribution in [3.05, 3.63) is 11.5 Å². The zero-order valence-electron chi connectivity index (χ0n) is 11.7. The maximum Gasteiger partial charge on any atom is 0.315 e. The normalized spacial score (nSPS) is 26.2.